The second-order valence-electron chi connectivity index (χ2n) is 3.53. The normalized spacial score (nSPS) is 23.7. The minimum Gasteiger partial charge on any atom is -0.364 e. The summed E-state index contributed by atoms with van der Waals surface area (Å²) in [6.07, 6.45) is 1.71. The molecule has 0 radical (unpaired) electrons. The Labute approximate surface area is 111 Å². The van der Waals surface area contributed by atoms with E-state index >= 15 is 0 Å². The average Bonchev–Trinajstić information content (AvgIpc) is 2.61. The fraction of sp³-hybridized carbons (Fsp3) is 0.500. The highest BCUT2D eigenvalue weighted by Crippen LogP contribution is 2.28. The van der Waals surface area contributed by atoms with Crippen LogP contribution in [-0.2, 0) is 4.79 Å². The molecule has 2 N–H and O–H groups in total. The Bertz CT molecular complexity index is 369. The molecule has 0 bridgehead atoms. The fourth-order valence-electron chi connectivity index (χ4n) is 1.27. The van der Waals surface area contributed by atoms with Gasteiger partial charge in [-0.05, 0) is 26.1 Å². The lowest BCUT2D eigenvalue weighted by Gasteiger charge is -2.21. The Morgan fingerprint density at radius 1 is 1.76 bits per heavy atom. The van der Waals surface area contributed by atoms with Crippen molar-refractivity contribution in [3.63, 3.8) is 0 Å². The summed E-state index contributed by atoms with van der Waals surface area (Å²) in [7, 11) is 1.70. The van der Waals surface area contributed by atoms with Crippen molar-refractivity contribution in [2.75, 3.05) is 7.05 Å². The van der Waals surface area contributed by atoms with Crippen molar-refractivity contribution in [3.8, 4) is 0 Å². The third kappa shape index (κ3) is 3.19. The molecule has 1 heterocycles. The molecule has 1 saturated heterocycles. The number of amidine groups is 1. The molecule has 5 nitrogen and oxygen atoms in total. The number of carbonyl (C=O) groups is 1. The maximum Gasteiger partial charge on any atom is 0.242 e. The van der Waals surface area contributed by atoms with E-state index in [1.165, 1.54) is 11.8 Å². The van der Waals surface area contributed by atoms with E-state index in [9.17, 15) is 4.79 Å². The molecule has 7 heteroatoms. The Morgan fingerprint density at radius 2 is 2.41 bits per heavy atom. The minimum atomic E-state index is -0.124. The number of hydrogen-bond acceptors (Lipinski definition) is 4. The van der Waals surface area contributed by atoms with E-state index in [1.54, 1.807) is 18.0 Å². The highest BCUT2D eigenvalue weighted by molar-refractivity contribution is 8.15. The first-order valence-electron chi connectivity index (χ1n) is 5.19. The summed E-state index contributed by atoms with van der Waals surface area (Å²) >= 11 is 6.33. The average molecular weight is 272 g/mol. The van der Waals surface area contributed by atoms with Gasteiger partial charge in [0.1, 0.15) is 0 Å². The zero-order valence-electron chi connectivity index (χ0n) is 10.1. The van der Waals surface area contributed by atoms with Crippen LogP contribution in [0.5, 0.6) is 0 Å². The van der Waals surface area contributed by atoms with Crippen molar-refractivity contribution in [2.24, 2.45) is 5.10 Å². The van der Waals surface area contributed by atoms with Gasteiger partial charge in [-0.3, -0.25) is 15.1 Å². The highest BCUT2D eigenvalue weighted by atomic mass is 32.2. The summed E-state index contributed by atoms with van der Waals surface area (Å²) < 4.78 is 0. The lowest BCUT2D eigenvalue weighted by molar-refractivity contribution is -0.126. The molecule has 2 unspecified atom stereocenters. The summed E-state index contributed by atoms with van der Waals surface area (Å²) in [6, 6.07) is -0.0799. The summed E-state index contributed by atoms with van der Waals surface area (Å²) in [5, 5.41) is 7.79. The Hall–Kier alpha value is -1.08. The molecular weight excluding hydrogens is 256 g/mol. The van der Waals surface area contributed by atoms with Crippen molar-refractivity contribution in [1.82, 2.24) is 15.6 Å². The number of thiocarbonyl (C=S) groups is 1. The van der Waals surface area contributed by atoms with E-state index in [4.69, 9.17) is 12.2 Å². The first-order chi connectivity index (χ1) is 8.01. The van der Waals surface area contributed by atoms with Gasteiger partial charge in [-0.1, -0.05) is 17.8 Å². The van der Waals surface area contributed by atoms with Gasteiger partial charge in [0.2, 0.25) is 5.91 Å². The van der Waals surface area contributed by atoms with E-state index in [-0.39, 0.29) is 17.2 Å². The maximum atomic E-state index is 11.9. The third-order valence-corrected chi connectivity index (χ3v) is 3.65. The maximum absolute atomic E-state index is 11.9. The van der Waals surface area contributed by atoms with Crippen molar-refractivity contribution in [1.29, 1.82) is 0 Å². The molecule has 1 amide bonds. The largest absolute Gasteiger partial charge is 0.364 e. The second kappa shape index (κ2) is 6.02. The predicted octanol–water partition coefficient (Wildman–Crippen LogP) is 0.890. The second-order valence-corrected chi connectivity index (χ2v) is 5.25. The molecule has 1 rings (SSSR count). The van der Waals surface area contributed by atoms with E-state index in [2.05, 4.69) is 22.4 Å². The summed E-state index contributed by atoms with van der Waals surface area (Å²) in [6.45, 7) is 7.45. The molecule has 1 aliphatic heterocycles. The molecule has 17 heavy (non-hydrogen) atoms. The number of hydrogen-bond donors (Lipinski definition) is 2. The Morgan fingerprint density at radius 3 is 2.94 bits per heavy atom. The van der Waals surface area contributed by atoms with Gasteiger partial charge in [0.15, 0.2) is 10.3 Å². The Balaban J connectivity index is 2.85. The van der Waals surface area contributed by atoms with Crippen molar-refractivity contribution in [3.05, 3.63) is 12.7 Å². The smallest absolute Gasteiger partial charge is 0.242 e. The summed E-state index contributed by atoms with van der Waals surface area (Å²) in [5.41, 5.74) is 2.68. The molecule has 0 aromatic carbocycles. The van der Waals surface area contributed by atoms with Crippen LogP contribution in [0.2, 0.25) is 0 Å². The van der Waals surface area contributed by atoms with Crippen molar-refractivity contribution < 1.29 is 4.79 Å². The zero-order valence-corrected chi connectivity index (χ0v) is 11.7. The number of carbonyl (C=O) groups excluding carboxylic acids is 1. The summed E-state index contributed by atoms with van der Waals surface area (Å²) in [5.74, 6) is 0.0401. The standard InChI is InChI=1S/C10H16N4OS2/c1-5-6(2)14-8(15)7(3)17-10(14)13-12-9(16)11-4/h5-7H,1H2,2-4H3,(H2,11,12,16). The fourth-order valence-corrected chi connectivity index (χ4v) is 2.31. The monoisotopic (exact) mass is 272 g/mol. The van der Waals surface area contributed by atoms with Crippen LogP contribution >= 0.6 is 24.0 Å². The van der Waals surface area contributed by atoms with Crippen LogP contribution < -0.4 is 10.7 Å². The molecule has 94 valence electrons. The number of hydrazone groups is 1. The number of rotatable bonds is 3. The van der Waals surface area contributed by atoms with Crippen LogP contribution in [-0.4, -0.2) is 39.4 Å². The lowest BCUT2D eigenvalue weighted by Crippen LogP contribution is -2.39. The first kappa shape index (κ1) is 14.0. The number of thioether (sulfide) groups is 1. The van der Waals surface area contributed by atoms with Crippen LogP contribution in [0.3, 0.4) is 0 Å². The van der Waals surface area contributed by atoms with Gasteiger partial charge in [0.05, 0.1) is 11.3 Å². The molecule has 0 saturated carbocycles. The van der Waals surface area contributed by atoms with Gasteiger partial charge in [-0.25, -0.2) is 0 Å². The SMILES string of the molecule is C=CC(C)N1C(=O)C(C)SC1=NNC(=S)NC. The minimum absolute atomic E-state index is 0.0401. The molecule has 1 fully saturated rings. The van der Waals surface area contributed by atoms with Gasteiger partial charge in [-0.2, -0.15) is 0 Å². The quantitative estimate of drug-likeness (QED) is 0.454. The number of nitrogens with zero attached hydrogens (tertiary/aromatic N) is 2. The van der Waals surface area contributed by atoms with Gasteiger partial charge in [0, 0.05) is 7.05 Å². The molecule has 0 aromatic heterocycles. The summed E-state index contributed by atoms with van der Waals surface area (Å²) in [4.78, 5) is 13.5. The van der Waals surface area contributed by atoms with E-state index < -0.39 is 0 Å². The van der Waals surface area contributed by atoms with Crippen LogP contribution in [0.25, 0.3) is 0 Å². The van der Waals surface area contributed by atoms with Crippen LogP contribution in [0.4, 0.5) is 0 Å². The Kier molecular flexibility index (Phi) is 4.95. The molecule has 0 aliphatic carbocycles. The van der Waals surface area contributed by atoms with Crippen LogP contribution in [0.15, 0.2) is 17.8 Å². The van der Waals surface area contributed by atoms with Gasteiger partial charge < -0.3 is 5.32 Å². The molecule has 0 spiro atoms. The topological polar surface area (TPSA) is 56.7 Å². The lowest BCUT2D eigenvalue weighted by atomic mass is 10.3. The first-order valence-corrected chi connectivity index (χ1v) is 6.47. The van der Waals surface area contributed by atoms with Crippen LogP contribution in [0, 0.1) is 0 Å². The van der Waals surface area contributed by atoms with Gasteiger partial charge in [0.25, 0.3) is 0 Å². The molecule has 1 aliphatic rings. The van der Waals surface area contributed by atoms with Crippen LogP contribution in [0.1, 0.15) is 13.8 Å². The zero-order chi connectivity index (χ0) is 13.0. The highest BCUT2D eigenvalue weighted by Gasteiger charge is 2.37. The van der Waals surface area contributed by atoms with E-state index in [1.807, 2.05) is 13.8 Å². The number of amides is 1. The van der Waals surface area contributed by atoms with Gasteiger partial charge >= 0.3 is 0 Å². The predicted molar refractivity (Wildman–Crippen MR) is 75.8 cm³/mol. The van der Waals surface area contributed by atoms with E-state index in [0.717, 1.165) is 0 Å². The van der Waals surface area contributed by atoms with E-state index in [0.29, 0.717) is 10.3 Å². The van der Waals surface area contributed by atoms with Crippen molar-refractivity contribution in [2.45, 2.75) is 25.1 Å². The van der Waals surface area contributed by atoms with Crippen molar-refractivity contribution >= 4 is 40.2 Å². The third-order valence-electron chi connectivity index (χ3n) is 2.30. The molecule has 2 atom stereocenters. The molecular formula is C10H16N4OS2. The van der Waals surface area contributed by atoms with Gasteiger partial charge in [-0.15, -0.1) is 11.7 Å². The molecule has 0 aromatic rings. The number of nitrogens with one attached hydrogen (secondary N) is 2.